The van der Waals surface area contributed by atoms with Gasteiger partial charge in [0, 0.05) is 17.4 Å². The lowest BCUT2D eigenvalue weighted by atomic mass is 9.95. The van der Waals surface area contributed by atoms with Crippen LogP contribution < -0.4 is 0 Å². The predicted molar refractivity (Wildman–Crippen MR) is 43.1 cm³/mol. The summed E-state index contributed by atoms with van der Waals surface area (Å²) in [6, 6.07) is -0.600. The minimum atomic E-state index is -4.18. The fourth-order valence-corrected chi connectivity index (χ4v) is 1.13. The Labute approximate surface area is 74.6 Å². The van der Waals surface area contributed by atoms with Gasteiger partial charge in [0.05, 0.1) is 0 Å². The van der Waals surface area contributed by atoms with Crippen LogP contribution in [0.25, 0.3) is 10.4 Å². The molecule has 0 rings (SSSR count). The average Bonchev–Trinajstić information content (AvgIpc) is 1.99. The van der Waals surface area contributed by atoms with Crippen molar-refractivity contribution in [3.63, 3.8) is 0 Å². The van der Waals surface area contributed by atoms with Crippen LogP contribution in [0.5, 0.6) is 0 Å². The quantitative estimate of drug-likeness (QED) is 0.373. The minimum Gasteiger partial charge on any atom is -0.171 e. The molecule has 0 aromatic carbocycles. The lowest BCUT2D eigenvalue weighted by Crippen LogP contribution is -2.22. The summed E-state index contributed by atoms with van der Waals surface area (Å²) in [7, 11) is 0. The van der Waals surface area contributed by atoms with Crippen molar-refractivity contribution in [1.29, 1.82) is 0 Å². The molecule has 0 spiro atoms. The van der Waals surface area contributed by atoms with Crippen LogP contribution in [0.2, 0.25) is 0 Å². The van der Waals surface area contributed by atoms with Gasteiger partial charge in [0.1, 0.15) is 0 Å². The molecule has 0 aliphatic rings. The van der Waals surface area contributed by atoms with Crippen molar-refractivity contribution in [2.45, 2.75) is 38.9 Å². The molecule has 0 saturated carbocycles. The highest BCUT2D eigenvalue weighted by molar-refractivity contribution is 4.74. The molecule has 0 saturated heterocycles. The van der Waals surface area contributed by atoms with E-state index in [1.807, 2.05) is 0 Å². The van der Waals surface area contributed by atoms with Crippen LogP contribution >= 0.6 is 0 Å². The molecule has 13 heavy (non-hydrogen) atoms. The van der Waals surface area contributed by atoms with Gasteiger partial charge in [0.2, 0.25) is 0 Å². The van der Waals surface area contributed by atoms with Crippen LogP contribution in [0.1, 0.15) is 26.7 Å². The molecule has 0 aliphatic carbocycles. The Morgan fingerprint density at radius 1 is 1.46 bits per heavy atom. The first-order chi connectivity index (χ1) is 5.90. The molecular weight excluding hydrogens is 183 g/mol. The van der Waals surface area contributed by atoms with Gasteiger partial charge in [-0.1, -0.05) is 25.4 Å². The molecular formula is C7H12F3N3. The summed E-state index contributed by atoms with van der Waals surface area (Å²) in [4.78, 5) is 2.49. The van der Waals surface area contributed by atoms with Crippen LogP contribution in [0.15, 0.2) is 5.11 Å². The fraction of sp³-hybridized carbons (Fsp3) is 1.00. The van der Waals surface area contributed by atoms with Crippen molar-refractivity contribution in [2.24, 2.45) is 11.0 Å². The molecule has 0 radical (unpaired) electrons. The predicted octanol–water partition coefficient (Wildman–Crippen LogP) is 3.66. The summed E-state index contributed by atoms with van der Waals surface area (Å²) >= 11 is 0. The van der Waals surface area contributed by atoms with E-state index in [1.165, 1.54) is 6.92 Å². The Balaban J connectivity index is 4.25. The second-order valence-corrected chi connectivity index (χ2v) is 2.93. The topological polar surface area (TPSA) is 48.8 Å². The highest BCUT2D eigenvalue weighted by Crippen LogP contribution is 2.29. The molecule has 0 amide bonds. The van der Waals surface area contributed by atoms with Crippen LogP contribution in [0.4, 0.5) is 13.2 Å². The first-order valence-corrected chi connectivity index (χ1v) is 4.01. The normalized spacial score (nSPS) is 16.1. The average molecular weight is 195 g/mol. The van der Waals surface area contributed by atoms with Crippen LogP contribution in [-0.2, 0) is 0 Å². The summed E-state index contributed by atoms with van der Waals surface area (Å²) in [6.45, 7) is 3.15. The van der Waals surface area contributed by atoms with E-state index >= 15 is 0 Å². The monoisotopic (exact) mass is 195 g/mol. The number of nitrogens with zero attached hydrogens (tertiary/aromatic N) is 3. The lowest BCUT2D eigenvalue weighted by molar-refractivity contribution is -0.145. The molecule has 3 nitrogen and oxygen atoms in total. The molecule has 0 aromatic rings. The van der Waals surface area contributed by atoms with Gasteiger partial charge in [0.15, 0.2) is 0 Å². The zero-order valence-corrected chi connectivity index (χ0v) is 7.54. The Morgan fingerprint density at radius 3 is 2.31 bits per heavy atom. The SMILES string of the molecule is CC[C@H](CC(F)(F)F)[C@H](C)N=[N+]=[N-]. The van der Waals surface area contributed by atoms with Crippen molar-refractivity contribution in [1.82, 2.24) is 0 Å². The highest BCUT2D eigenvalue weighted by atomic mass is 19.4. The molecule has 0 fully saturated rings. The summed E-state index contributed by atoms with van der Waals surface area (Å²) in [5, 5.41) is 3.26. The number of rotatable bonds is 4. The molecule has 0 unspecified atom stereocenters. The maximum Gasteiger partial charge on any atom is 0.389 e. The maximum atomic E-state index is 12.0. The van der Waals surface area contributed by atoms with E-state index in [4.69, 9.17) is 5.53 Å². The standard InChI is InChI=1S/C7H12F3N3/c1-3-6(4-7(8,9)10)5(2)12-13-11/h5-6H,3-4H2,1-2H3/t5-,6+/m0/s1. The Morgan fingerprint density at radius 2 is 2.00 bits per heavy atom. The molecule has 0 aromatic heterocycles. The largest absolute Gasteiger partial charge is 0.389 e. The molecule has 0 N–H and O–H groups in total. The van der Waals surface area contributed by atoms with Gasteiger partial charge < -0.3 is 0 Å². The molecule has 0 heterocycles. The second-order valence-electron chi connectivity index (χ2n) is 2.93. The number of hydrogen-bond donors (Lipinski definition) is 0. The van der Waals surface area contributed by atoms with E-state index in [0.717, 1.165) is 0 Å². The Hall–Kier alpha value is -0.900. The van der Waals surface area contributed by atoms with Crippen molar-refractivity contribution >= 4 is 0 Å². The molecule has 0 aliphatic heterocycles. The smallest absolute Gasteiger partial charge is 0.171 e. The van der Waals surface area contributed by atoms with Gasteiger partial charge in [0.25, 0.3) is 0 Å². The van der Waals surface area contributed by atoms with E-state index in [9.17, 15) is 13.2 Å². The van der Waals surface area contributed by atoms with Gasteiger partial charge in [-0.15, -0.1) is 0 Å². The third-order valence-electron chi connectivity index (χ3n) is 1.93. The third kappa shape index (κ3) is 5.36. The van der Waals surface area contributed by atoms with Gasteiger partial charge in [-0.3, -0.25) is 0 Å². The van der Waals surface area contributed by atoms with E-state index < -0.39 is 24.6 Å². The number of alkyl halides is 3. The molecule has 76 valence electrons. The first kappa shape index (κ1) is 12.1. The van der Waals surface area contributed by atoms with Crippen molar-refractivity contribution < 1.29 is 13.2 Å². The summed E-state index contributed by atoms with van der Waals surface area (Å²) in [6.07, 6.45) is -4.71. The van der Waals surface area contributed by atoms with E-state index in [1.54, 1.807) is 6.92 Å². The summed E-state index contributed by atoms with van der Waals surface area (Å²) in [5.41, 5.74) is 8.06. The van der Waals surface area contributed by atoms with Gasteiger partial charge in [-0.2, -0.15) is 13.2 Å². The first-order valence-electron chi connectivity index (χ1n) is 4.01. The molecule has 2 atom stereocenters. The van der Waals surface area contributed by atoms with Crippen LogP contribution in [0.3, 0.4) is 0 Å². The third-order valence-corrected chi connectivity index (χ3v) is 1.93. The highest BCUT2D eigenvalue weighted by Gasteiger charge is 2.32. The lowest BCUT2D eigenvalue weighted by Gasteiger charge is -2.19. The number of hydrogen-bond acceptors (Lipinski definition) is 1. The Bertz CT molecular complexity index is 196. The van der Waals surface area contributed by atoms with E-state index in [0.29, 0.717) is 6.42 Å². The van der Waals surface area contributed by atoms with E-state index in [2.05, 4.69) is 10.0 Å². The van der Waals surface area contributed by atoms with Gasteiger partial charge >= 0.3 is 6.18 Å². The van der Waals surface area contributed by atoms with Crippen molar-refractivity contribution in [2.75, 3.05) is 0 Å². The number of halogens is 3. The number of azide groups is 1. The summed E-state index contributed by atoms with van der Waals surface area (Å²) in [5.74, 6) is -0.615. The van der Waals surface area contributed by atoms with Crippen molar-refractivity contribution in [3.8, 4) is 0 Å². The zero-order chi connectivity index (χ0) is 10.5. The van der Waals surface area contributed by atoms with Crippen molar-refractivity contribution in [3.05, 3.63) is 10.4 Å². The second kappa shape index (κ2) is 4.97. The minimum absolute atomic E-state index is 0.361. The van der Waals surface area contributed by atoms with Crippen LogP contribution in [-0.4, -0.2) is 12.2 Å². The summed E-state index contributed by atoms with van der Waals surface area (Å²) < 4.78 is 35.9. The molecule has 0 bridgehead atoms. The van der Waals surface area contributed by atoms with E-state index in [-0.39, 0.29) is 0 Å². The van der Waals surface area contributed by atoms with Gasteiger partial charge in [-0.05, 0) is 11.4 Å². The van der Waals surface area contributed by atoms with Crippen LogP contribution in [0, 0.1) is 5.92 Å². The zero-order valence-electron chi connectivity index (χ0n) is 7.54. The fourth-order valence-electron chi connectivity index (χ4n) is 1.13. The van der Waals surface area contributed by atoms with Gasteiger partial charge in [-0.25, -0.2) is 0 Å². The Kier molecular flexibility index (Phi) is 4.62. The maximum absolute atomic E-state index is 12.0. The molecule has 6 heteroatoms.